The first-order valence-electron chi connectivity index (χ1n) is 5.21. The van der Waals surface area contributed by atoms with Gasteiger partial charge in [0.15, 0.2) is 0 Å². The normalized spacial score (nSPS) is 33.1. The van der Waals surface area contributed by atoms with Crippen molar-refractivity contribution < 1.29 is 9.90 Å². The van der Waals surface area contributed by atoms with Crippen molar-refractivity contribution in [3.63, 3.8) is 0 Å². The molecule has 3 nitrogen and oxygen atoms in total. The number of amides is 1. The summed E-state index contributed by atoms with van der Waals surface area (Å²) in [4.78, 5) is 13.8. The number of aliphatic hydroxyl groups is 1. The fourth-order valence-corrected chi connectivity index (χ4v) is 2.70. The second-order valence-electron chi connectivity index (χ2n) is 4.74. The molecule has 0 spiro atoms. The number of rotatable bonds is 0. The quantitative estimate of drug-likeness (QED) is 0.691. The maximum absolute atomic E-state index is 12.0. The molecule has 0 radical (unpaired) electrons. The topological polar surface area (TPSA) is 40.5 Å². The largest absolute Gasteiger partial charge is 0.388 e. The van der Waals surface area contributed by atoms with Crippen LogP contribution in [0.15, 0.2) is 24.3 Å². The Morgan fingerprint density at radius 1 is 1.47 bits per heavy atom. The Kier molecular flexibility index (Phi) is 1.55. The molecular weight excluding hydrogens is 190 g/mol. The maximum atomic E-state index is 12.0. The van der Waals surface area contributed by atoms with E-state index >= 15 is 0 Å². The van der Waals surface area contributed by atoms with E-state index in [0.29, 0.717) is 13.0 Å². The second-order valence-corrected chi connectivity index (χ2v) is 4.74. The summed E-state index contributed by atoms with van der Waals surface area (Å²) < 4.78 is 0. The molecule has 1 aromatic carbocycles. The SMILES string of the molecule is C[C@@]1(O)C[C@@H]2c3ccccc3C(=O)N2C1. The molecular formula is C12H13NO2. The van der Waals surface area contributed by atoms with Gasteiger partial charge in [0.05, 0.1) is 18.2 Å². The zero-order chi connectivity index (χ0) is 10.6. The Bertz CT molecular complexity index is 439. The van der Waals surface area contributed by atoms with Crippen LogP contribution in [0.1, 0.15) is 35.3 Å². The molecule has 2 heterocycles. The molecule has 0 unspecified atom stereocenters. The van der Waals surface area contributed by atoms with Gasteiger partial charge in [0.2, 0.25) is 0 Å². The molecule has 0 saturated carbocycles. The molecule has 3 heteroatoms. The van der Waals surface area contributed by atoms with E-state index in [2.05, 4.69) is 0 Å². The number of fused-ring (bicyclic) bond motifs is 3. The first kappa shape index (κ1) is 8.92. The predicted molar refractivity (Wildman–Crippen MR) is 55.5 cm³/mol. The lowest BCUT2D eigenvalue weighted by atomic mass is 9.96. The number of carbonyl (C=O) groups excluding carboxylic acids is 1. The highest BCUT2D eigenvalue weighted by atomic mass is 16.3. The molecule has 1 aromatic rings. The van der Waals surface area contributed by atoms with Gasteiger partial charge in [0, 0.05) is 12.0 Å². The van der Waals surface area contributed by atoms with E-state index < -0.39 is 5.60 Å². The molecule has 0 bridgehead atoms. The van der Waals surface area contributed by atoms with Gasteiger partial charge < -0.3 is 10.0 Å². The van der Waals surface area contributed by atoms with E-state index in [1.165, 1.54) is 0 Å². The van der Waals surface area contributed by atoms with Crippen LogP contribution < -0.4 is 0 Å². The fourth-order valence-electron chi connectivity index (χ4n) is 2.70. The molecule has 1 fully saturated rings. The Balaban J connectivity index is 2.10. The molecule has 1 N–H and O–H groups in total. The van der Waals surface area contributed by atoms with Crippen LogP contribution >= 0.6 is 0 Å². The zero-order valence-electron chi connectivity index (χ0n) is 8.60. The number of benzene rings is 1. The van der Waals surface area contributed by atoms with Gasteiger partial charge in [-0.15, -0.1) is 0 Å². The van der Waals surface area contributed by atoms with E-state index in [0.717, 1.165) is 11.1 Å². The lowest BCUT2D eigenvalue weighted by Crippen LogP contribution is -2.31. The summed E-state index contributed by atoms with van der Waals surface area (Å²) in [5, 5.41) is 9.95. The summed E-state index contributed by atoms with van der Waals surface area (Å²) >= 11 is 0. The van der Waals surface area contributed by atoms with E-state index in [4.69, 9.17) is 0 Å². The van der Waals surface area contributed by atoms with Crippen LogP contribution in [0.3, 0.4) is 0 Å². The van der Waals surface area contributed by atoms with Crippen molar-refractivity contribution in [1.29, 1.82) is 0 Å². The van der Waals surface area contributed by atoms with Gasteiger partial charge in [0.1, 0.15) is 0 Å². The van der Waals surface area contributed by atoms with E-state index in [-0.39, 0.29) is 11.9 Å². The Morgan fingerprint density at radius 3 is 3.00 bits per heavy atom. The average molecular weight is 203 g/mol. The molecule has 1 saturated heterocycles. The number of hydrogen-bond donors (Lipinski definition) is 1. The van der Waals surface area contributed by atoms with Crippen molar-refractivity contribution in [1.82, 2.24) is 4.90 Å². The standard InChI is InChI=1S/C12H13NO2/c1-12(15)6-10-8-4-2-3-5-9(8)11(14)13(10)7-12/h2-5,10,15H,6-7H2,1H3/t10-,12-/m1/s1. The molecule has 1 amide bonds. The highest BCUT2D eigenvalue weighted by molar-refractivity contribution is 5.99. The van der Waals surface area contributed by atoms with Crippen molar-refractivity contribution in [2.24, 2.45) is 0 Å². The summed E-state index contributed by atoms with van der Waals surface area (Å²) in [5.74, 6) is 0.0633. The monoisotopic (exact) mass is 203 g/mol. The Morgan fingerprint density at radius 2 is 2.20 bits per heavy atom. The predicted octanol–water partition coefficient (Wildman–Crippen LogP) is 1.34. The van der Waals surface area contributed by atoms with Crippen molar-refractivity contribution in [3.8, 4) is 0 Å². The van der Waals surface area contributed by atoms with Gasteiger partial charge in [-0.05, 0) is 18.6 Å². The van der Waals surface area contributed by atoms with Crippen molar-refractivity contribution in [2.45, 2.75) is 25.0 Å². The van der Waals surface area contributed by atoms with Crippen LogP contribution in [-0.2, 0) is 0 Å². The maximum Gasteiger partial charge on any atom is 0.254 e. The molecule has 2 atom stereocenters. The van der Waals surface area contributed by atoms with E-state index in [1.807, 2.05) is 24.3 Å². The van der Waals surface area contributed by atoms with Gasteiger partial charge in [0.25, 0.3) is 5.91 Å². The van der Waals surface area contributed by atoms with Crippen LogP contribution in [0.4, 0.5) is 0 Å². The minimum absolute atomic E-state index is 0.0633. The van der Waals surface area contributed by atoms with Gasteiger partial charge in [-0.25, -0.2) is 0 Å². The highest BCUT2D eigenvalue weighted by Crippen LogP contribution is 2.44. The van der Waals surface area contributed by atoms with Crippen molar-refractivity contribution in [2.75, 3.05) is 6.54 Å². The lowest BCUT2D eigenvalue weighted by Gasteiger charge is -2.16. The van der Waals surface area contributed by atoms with Gasteiger partial charge in [-0.1, -0.05) is 18.2 Å². The molecule has 3 rings (SSSR count). The van der Waals surface area contributed by atoms with Crippen molar-refractivity contribution in [3.05, 3.63) is 35.4 Å². The van der Waals surface area contributed by atoms with Crippen LogP contribution in [0.2, 0.25) is 0 Å². The summed E-state index contributed by atoms with van der Waals surface area (Å²) in [5.41, 5.74) is 1.15. The smallest absolute Gasteiger partial charge is 0.254 e. The first-order chi connectivity index (χ1) is 7.08. The number of carbonyl (C=O) groups is 1. The summed E-state index contributed by atoms with van der Waals surface area (Å²) in [7, 11) is 0. The van der Waals surface area contributed by atoms with E-state index in [1.54, 1.807) is 11.8 Å². The van der Waals surface area contributed by atoms with Gasteiger partial charge in [-0.3, -0.25) is 4.79 Å². The minimum atomic E-state index is -0.728. The summed E-state index contributed by atoms with van der Waals surface area (Å²) in [6.07, 6.45) is 0.649. The fraction of sp³-hybridized carbons (Fsp3) is 0.417. The Labute approximate surface area is 88.3 Å². The van der Waals surface area contributed by atoms with Crippen molar-refractivity contribution >= 4 is 5.91 Å². The van der Waals surface area contributed by atoms with Crippen LogP contribution in [0.5, 0.6) is 0 Å². The molecule has 0 aromatic heterocycles. The molecule has 15 heavy (non-hydrogen) atoms. The minimum Gasteiger partial charge on any atom is -0.388 e. The molecule has 78 valence electrons. The average Bonchev–Trinajstić information content (AvgIpc) is 2.63. The van der Waals surface area contributed by atoms with Crippen LogP contribution in [0, 0.1) is 0 Å². The van der Waals surface area contributed by atoms with E-state index in [9.17, 15) is 9.90 Å². The Hall–Kier alpha value is -1.35. The summed E-state index contributed by atoms with van der Waals surface area (Å²) in [6, 6.07) is 7.77. The van der Waals surface area contributed by atoms with Gasteiger partial charge in [-0.2, -0.15) is 0 Å². The van der Waals surface area contributed by atoms with Crippen LogP contribution in [-0.4, -0.2) is 28.1 Å². The number of nitrogens with zero attached hydrogens (tertiary/aromatic N) is 1. The van der Waals surface area contributed by atoms with Crippen LogP contribution in [0.25, 0.3) is 0 Å². The highest BCUT2D eigenvalue weighted by Gasteiger charge is 2.47. The lowest BCUT2D eigenvalue weighted by molar-refractivity contribution is 0.0575. The first-order valence-corrected chi connectivity index (χ1v) is 5.21. The second kappa shape index (κ2) is 2.61. The molecule has 2 aliphatic heterocycles. The summed E-state index contributed by atoms with van der Waals surface area (Å²) in [6.45, 7) is 2.24. The number of hydrogen-bond acceptors (Lipinski definition) is 2. The molecule has 0 aliphatic carbocycles. The third-order valence-corrected chi connectivity index (χ3v) is 3.33. The zero-order valence-corrected chi connectivity index (χ0v) is 8.60. The van der Waals surface area contributed by atoms with Gasteiger partial charge >= 0.3 is 0 Å². The molecule has 2 aliphatic rings. The third-order valence-electron chi connectivity index (χ3n) is 3.33. The third kappa shape index (κ3) is 1.13.